The lowest BCUT2D eigenvalue weighted by molar-refractivity contribution is -0.140. The van der Waals surface area contributed by atoms with E-state index in [0.29, 0.717) is 0 Å². The van der Waals surface area contributed by atoms with E-state index in [-0.39, 0.29) is 5.11 Å². The van der Waals surface area contributed by atoms with Gasteiger partial charge in [0.05, 0.1) is 0 Å². The van der Waals surface area contributed by atoms with Gasteiger partial charge in [-0.1, -0.05) is 0 Å². The zero-order valence-electron chi connectivity index (χ0n) is 4.57. The smallest absolute Gasteiger partial charge is 0.329 e. The molecule has 6 N–H and O–H groups in total. The van der Waals surface area contributed by atoms with Gasteiger partial charge in [-0.25, -0.2) is 4.79 Å². The minimum Gasteiger partial charge on any atom is -0.480 e. The third kappa shape index (κ3) is 149. The van der Waals surface area contributed by atoms with Gasteiger partial charge in [-0.3, -0.25) is 0 Å². The average Bonchev–Trinajstić information content (AvgIpc) is 1.65. The van der Waals surface area contributed by atoms with Crippen molar-refractivity contribution in [3.05, 3.63) is 0 Å². The molecule has 0 spiro atoms. The minimum atomic E-state index is -1.19. The van der Waals surface area contributed by atoms with Gasteiger partial charge in [-0.15, -0.1) is 0 Å². The quantitative estimate of drug-likeness (QED) is 0.332. The molecule has 0 aromatic rings. The van der Waals surface area contributed by atoms with Crippen LogP contribution in [-0.4, -0.2) is 27.9 Å². The first-order valence-corrected chi connectivity index (χ1v) is 2.29. The molecule has 0 aliphatic rings. The summed E-state index contributed by atoms with van der Waals surface area (Å²) in [5, 5.41) is 15.0. The van der Waals surface area contributed by atoms with Crippen molar-refractivity contribution in [3.8, 4) is 0 Å². The monoisotopic (exact) mass is 152 g/mol. The summed E-state index contributed by atoms with van der Waals surface area (Å²) in [4.78, 5) is 9.12. The highest BCUT2D eigenvalue weighted by Gasteiger charge is 1.82. The van der Waals surface area contributed by atoms with Gasteiger partial charge < -0.3 is 21.7 Å². The fourth-order valence-electron chi connectivity index (χ4n) is 0. The van der Waals surface area contributed by atoms with Gasteiger partial charge in [0.1, 0.15) is 6.61 Å². The highest BCUT2D eigenvalue weighted by Crippen LogP contribution is 1.48. The predicted molar refractivity (Wildman–Crippen MR) is 35.7 cm³/mol. The maximum Gasteiger partial charge on any atom is 0.329 e. The molecule has 0 radical (unpaired) electrons. The third-order valence-electron chi connectivity index (χ3n) is 0.135. The van der Waals surface area contributed by atoms with Crippen LogP contribution in [0.25, 0.3) is 0 Å². The standard InChI is InChI=1S/C2H4O3.CH4N2S/c3-1-2(4)5;2-1(3)4/h3H,1H2,(H,4,5);(H4,2,3,4). The Hall–Kier alpha value is -0.880. The summed E-state index contributed by atoms with van der Waals surface area (Å²) in [6, 6.07) is 0. The Balaban J connectivity index is 0. The van der Waals surface area contributed by atoms with Crippen LogP contribution in [0.2, 0.25) is 0 Å². The van der Waals surface area contributed by atoms with Crippen molar-refractivity contribution in [2.45, 2.75) is 0 Å². The van der Waals surface area contributed by atoms with Gasteiger partial charge in [0.2, 0.25) is 0 Å². The molecular formula is C3H8N2O3S. The molecule has 0 aromatic carbocycles. The van der Waals surface area contributed by atoms with E-state index < -0.39 is 12.6 Å². The molecule has 54 valence electrons. The zero-order chi connectivity index (χ0) is 7.86. The summed E-state index contributed by atoms with van der Waals surface area (Å²) in [6.07, 6.45) is 0. The summed E-state index contributed by atoms with van der Waals surface area (Å²) < 4.78 is 0. The lowest BCUT2D eigenvalue weighted by Gasteiger charge is -1.72. The number of aliphatic hydroxyl groups excluding tert-OH is 1. The van der Waals surface area contributed by atoms with Crippen LogP contribution in [0.5, 0.6) is 0 Å². The Morgan fingerprint density at radius 2 is 1.67 bits per heavy atom. The molecule has 5 nitrogen and oxygen atoms in total. The largest absolute Gasteiger partial charge is 0.480 e. The van der Waals surface area contributed by atoms with E-state index in [1.165, 1.54) is 0 Å². The van der Waals surface area contributed by atoms with Crippen LogP contribution in [0.1, 0.15) is 0 Å². The van der Waals surface area contributed by atoms with Crippen LogP contribution in [0, 0.1) is 0 Å². The molecule has 0 fully saturated rings. The molecule has 0 unspecified atom stereocenters. The van der Waals surface area contributed by atoms with E-state index in [9.17, 15) is 0 Å². The molecule has 0 amide bonds. The fraction of sp³-hybridized carbons (Fsp3) is 0.333. The maximum atomic E-state index is 9.12. The molecule has 0 saturated carbocycles. The lowest BCUT2D eigenvalue weighted by atomic mass is 10.8. The van der Waals surface area contributed by atoms with Gasteiger partial charge in [0.15, 0.2) is 5.11 Å². The number of carboxylic acids is 1. The van der Waals surface area contributed by atoms with E-state index in [1.807, 2.05) is 0 Å². The normalized spacial score (nSPS) is 6.78. The number of rotatable bonds is 1. The van der Waals surface area contributed by atoms with Gasteiger partial charge in [-0.05, 0) is 12.2 Å². The molecule has 0 rings (SSSR count). The van der Waals surface area contributed by atoms with Crippen molar-refractivity contribution in [1.29, 1.82) is 0 Å². The molecule has 0 saturated heterocycles. The number of nitrogens with two attached hydrogens (primary N) is 2. The highest BCUT2D eigenvalue weighted by molar-refractivity contribution is 7.80. The molecular weight excluding hydrogens is 144 g/mol. The highest BCUT2D eigenvalue weighted by atomic mass is 32.1. The SMILES string of the molecule is NC(N)=S.O=C(O)CO. The summed E-state index contributed by atoms with van der Waals surface area (Å²) in [6.45, 7) is -0.778. The number of hydrogen-bond donors (Lipinski definition) is 4. The minimum absolute atomic E-state index is 0.000000000000000222. The van der Waals surface area contributed by atoms with Crippen molar-refractivity contribution in [2.24, 2.45) is 11.5 Å². The maximum absolute atomic E-state index is 9.12. The van der Waals surface area contributed by atoms with Crippen LogP contribution in [0.4, 0.5) is 0 Å². The summed E-state index contributed by atoms with van der Waals surface area (Å²) in [7, 11) is 0. The second-order valence-electron chi connectivity index (χ2n) is 0.954. The number of carboxylic acid groups (broad SMARTS) is 1. The first kappa shape index (κ1) is 11.0. The Morgan fingerprint density at radius 1 is 1.56 bits per heavy atom. The van der Waals surface area contributed by atoms with Crippen LogP contribution in [0.15, 0.2) is 0 Å². The number of carbonyl (C=O) groups is 1. The van der Waals surface area contributed by atoms with Crippen molar-refractivity contribution in [1.82, 2.24) is 0 Å². The molecule has 6 heteroatoms. The average molecular weight is 152 g/mol. The van der Waals surface area contributed by atoms with E-state index in [0.717, 1.165) is 0 Å². The number of aliphatic hydroxyl groups is 1. The molecule has 0 atom stereocenters. The Kier molecular flexibility index (Phi) is 8.69. The van der Waals surface area contributed by atoms with Crippen LogP contribution in [0.3, 0.4) is 0 Å². The van der Waals surface area contributed by atoms with E-state index in [4.69, 9.17) is 15.0 Å². The summed E-state index contributed by atoms with van der Waals surface area (Å²) >= 11 is 4.09. The molecule has 0 aromatic heterocycles. The van der Waals surface area contributed by atoms with Crippen molar-refractivity contribution < 1.29 is 15.0 Å². The Bertz CT molecular complexity index is 101. The third-order valence-corrected chi connectivity index (χ3v) is 0.135. The first-order valence-electron chi connectivity index (χ1n) is 1.88. The fourth-order valence-corrected chi connectivity index (χ4v) is 0. The first-order chi connectivity index (χ1) is 4.00. The van der Waals surface area contributed by atoms with Crippen LogP contribution < -0.4 is 11.5 Å². The van der Waals surface area contributed by atoms with Gasteiger partial charge >= 0.3 is 5.97 Å². The zero-order valence-corrected chi connectivity index (χ0v) is 5.39. The van der Waals surface area contributed by atoms with Crippen LogP contribution >= 0.6 is 12.2 Å². The second kappa shape index (κ2) is 7.12. The summed E-state index contributed by atoms with van der Waals surface area (Å²) in [5.74, 6) is -1.19. The topological polar surface area (TPSA) is 110 Å². The summed E-state index contributed by atoms with van der Waals surface area (Å²) in [5.41, 5.74) is 9.24. The van der Waals surface area contributed by atoms with E-state index in [1.54, 1.807) is 0 Å². The Morgan fingerprint density at radius 3 is 1.67 bits per heavy atom. The van der Waals surface area contributed by atoms with Crippen molar-refractivity contribution >= 4 is 23.3 Å². The molecule has 0 aliphatic heterocycles. The number of aliphatic carboxylic acids is 1. The molecule has 0 aliphatic carbocycles. The number of hydrogen-bond acceptors (Lipinski definition) is 3. The van der Waals surface area contributed by atoms with Crippen molar-refractivity contribution in [2.75, 3.05) is 6.61 Å². The molecule has 0 bridgehead atoms. The van der Waals surface area contributed by atoms with Crippen molar-refractivity contribution in [3.63, 3.8) is 0 Å². The van der Waals surface area contributed by atoms with E-state index in [2.05, 4.69) is 23.7 Å². The van der Waals surface area contributed by atoms with Gasteiger partial charge in [0.25, 0.3) is 0 Å². The Labute approximate surface area is 57.3 Å². The van der Waals surface area contributed by atoms with E-state index >= 15 is 0 Å². The molecule has 9 heavy (non-hydrogen) atoms. The molecule has 0 heterocycles. The van der Waals surface area contributed by atoms with Crippen LogP contribution in [-0.2, 0) is 4.79 Å². The van der Waals surface area contributed by atoms with Gasteiger partial charge in [0, 0.05) is 0 Å². The lowest BCUT2D eigenvalue weighted by Crippen LogP contribution is -2.18. The number of thiocarbonyl (C=S) groups is 1. The second-order valence-corrected chi connectivity index (χ2v) is 1.43. The van der Waals surface area contributed by atoms with Gasteiger partial charge in [-0.2, -0.15) is 0 Å². The predicted octanol–water partition coefficient (Wildman–Crippen LogP) is -1.75.